The maximum absolute atomic E-state index is 9.00. The van der Waals surface area contributed by atoms with Gasteiger partial charge in [0.25, 0.3) is 0 Å². The van der Waals surface area contributed by atoms with Crippen LogP contribution in [0.15, 0.2) is 12.3 Å². The third kappa shape index (κ3) is 2.84. The highest BCUT2D eigenvalue weighted by Gasteiger charge is 2.06. The second kappa shape index (κ2) is 5.02. The molecule has 0 saturated carbocycles. The summed E-state index contributed by atoms with van der Waals surface area (Å²) >= 11 is 0. The van der Waals surface area contributed by atoms with Gasteiger partial charge in [0.05, 0.1) is 0 Å². The van der Waals surface area contributed by atoms with Crippen LogP contribution < -0.4 is 0 Å². The normalized spacial score (nSPS) is 13.2. The predicted molar refractivity (Wildman–Crippen MR) is 52.4 cm³/mol. The zero-order chi connectivity index (χ0) is 9.68. The molecule has 1 atom stereocenters. The molecule has 1 aromatic heterocycles. The Balaban J connectivity index is 2.38. The summed E-state index contributed by atoms with van der Waals surface area (Å²) in [6.07, 6.45) is 4.92. The van der Waals surface area contributed by atoms with E-state index in [0.29, 0.717) is 12.5 Å². The van der Waals surface area contributed by atoms with Crippen LogP contribution in [0.25, 0.3) is 0 Å². The van der Waals surface area contributed by atoms with Gasteiger partial charge in [0, 0.05) is 25.5 Å². The highest BCUT2D eigenvalue weighted by molar-refractivity contribution is 4.99. The van der Waals surface area contributed by atoms with E-state index in [0.717, 1.165) is 19.3 Å². The number of aliphatic hydroxyl groups is 1. The lowest BCUT2D eigenvalue weighted by molar-refractivity contribution is 0.214. The molecule has 74 valence electrons. The van der Waals surface area contributed by atoms with E-state index < -0.39 is 0 Å². The molecule has 1 unspecified atom stereocenters. The lowest BCUT2D eigenvalue weighted by atomic mass is 10.0. The van der Waals surface area contributed by atoms with Gasteiger partial charge in [-0.15, -0.1) is 0 Å². The third-order valence-electron chi connectivity index (χ3n) is 2.57. The van der Waals surface area contributed by atoms with Gasteiger partial charge in [-0.05, 0) is 24.8 Å². The van der Waals surface area contributed by atoms with Crippen LogP contribution in [-0.2, 0) is 13.5 Å². The summed E-state index contributed by atoms with van der Waals surface area (Å²) in [7, 11) is 1.95. The van der Waals surface area contributed by atoms with Gasteiger partial charge < -0.3 is 5.11 Å². The average molecular weight is 182 g/mol. The quantitative estimate of drug-likeness (QED) is 0.747. The zero-order valence-corrected chi connectivity index (χ0v) is 8.40. The van der Waals surface area contributed by atoms with Gasteiger partial charge in [0.2, 0.25) is 0 Å². The number of aliphatic hydroxyl groups excluding tert-OH is 1. The van der Waals surface area contributed by atoms with Gasteiger partial charge in [-0.1, -0.05) is 13.3 Å². The number of aryl methyl sites for hydroxylation is 2. The fourth-order valence-electron chi connectivity index (χ4n) is 1.42. The van der Waals surface area contributed by atoms with Crippen molar-refractivity contribution in [2.24, 2.45) is 13.0 Å². The molecule has 0 amide bonds. The molecule has 1 rings (SSSR count). The van der Waals surface area contributed by atoms with E-state index in [-0.39, 0.29) is 0 Å². The van der Waals surface area contributed by atoms with Crippen molar-refractivity contribution in [3.8, 4) is 0 Å². The van der Waals surface area contributed by atoms with Crippen LogP contribution >= 0.6 is 0 Å². The summed E-state index contributed by atoms with van der Waals surface area (Å²) < 4.78 is 1.89. The zero-order valence-electron chi connectivity index (χ0n) is 8.40. The lowest BCUT2D eigenvalue weighted by Gasteiger charge is -2.10. The molecule has 1 aromatic rings. The Morgan fingerprint density at radius 1 is 1.62 bits per heavy atom. The Kier molecular flexibility index (Phi) is 3.96. The monoisotopic (exact) mass is 182 g/mol. The summed E-state index contributed by atoms with van der Waals surface area (Å²) in [5.41, 5.74) is 1.24. The number of nitrogens with zero attached hydrogens (tertiary/aromatic N) is 2. The minimum Gasteiger partial charge on any atom is -0.396 e. The Hall–Kier alpha value is -0.830. The number of hydrogen-bond acceptors (Lipinski definition) is 2. The van der Waals surface area contributed by atoms with Gasteiger partial charge in [-0.25, -0.2) is 0 Å². The Morgan fingerprint density at radius 3 is 2.85 bits per heavy atom. The van der Waals surface area contributed by atoms with Crippen LogP contribution in [0.2, 0.25) is 0 Å². The first-order chi connectivity index (χ1) is 6.27. The SMILES string of the molecule is CCC(CO)CCc1ccnn1C. The molecular weight excluding hydrogens is 164 g/mol. The van der Waals surface area contributed by atoms with E-state index in [9.17, 15) is 0 Å². The molecule has 0 bridgehead atoms. The largest absolute Gasteiger partial charge is 0.396 e. The molecule has 0 spiro atoms. The molecule has 3 nitrogen and oxygen atoms in total. The molecule has 0 aliphatic heterocycles. The standard InChI is InChI=1S/C10H18N2O/c1-3-9(8-13)4-5-10-6-7-11-12(10)2/h6-7,9,13H,3-5,8H2,1-2H3. The Bertz CT molecular complexity index is 241. The highest BCUT2D eigenvalue weighted by atomic mass is 16.3. The van der Waals surface area contributed by atoms with E-state index in [4.69, 9.17) is 5.11 Å². The van der Waals surface area contributed by atoms with Crippen LogP contribution in [0.4, 0.5) is 0 Å². The van der Waals surface area contributed by atoms with E-state index in [2.05, 4.69) is 12.0 Å². The first-order valence-corrected chi connectivity index (χ1v) is 4.85. The van der Waals surface area contributed by atoms with Gasteiger partial charge in [-0.3, -0.25) is 4.68 Å². The van der Waals surface area contributed by atoms with Crippen LogP contribution in [0.5, 0.6) is 0 Å². The molecule has 1 heterocycles. The van der Waals surface area contributed by atoms with Crippen molar-refractivity contribution in [2.45, 2.75) is 26.2 Å². The third-order valence-corrected chi connectivity index (χ3v) is 2.57. The minimum absolute atomic E-state index is 0.300. The van der Waals surface area contributed by atoms with Gasteiger partial charge in [0.1, 0.15) is 0 Å². The fraction of sp³-hybridized carbons (Fsp3) is 0.700. The van der Waals surface area contributed by atoms with Crippen molar-refractivity contribution in [3.63, 3.8) is 0 Å². The Morgan fingerprint density at radius 2 is 2.38 bits per heavy atom. The molecule has 0 fully saturated rings. The fourth-order valence-corrected chi connectivity index (χ4v) is 1.42. The molecule has 0 saturated heterocycles. The number of rotatable bonds is 5. The molecule has 3 heteroatoms. The summed E-state index contributed by atoms with van der Waals surface area (Å²) in [6, 6.07) is 2.03. The molecular formula is C10H18N2O. The van der Waals surface area contributed by atoms with E-state index in [1.54, 1.807) is 0 Å². The van der Waals surface area contributed by atoms with Gasteiger partial charge >= 0.3 is 0 Å². The van der Waals surface area contributed by atoms with Crippen LogP contribution in [-0.4, -0.2) is 21.5 Å². The van der Waals surface area contributed by atoms with Crippen molar-refractivity contribution < 1.29 is 5.11 Å². The molecule has 0 radical (unpaired) electrons. The van der Waals surface area contributed by atoms with Crippen LogP contribution in [0, 0.1) is 5.92 Å². The first-order valence-electron chi connectivity index (χ1n) is 4.85. The first kappa shape index (κ1) is 10.3. The second-order valence-corrected chi connectivity index (χ2v) is 3.44. The summed E-state index contributed by atoms with van der Waals surface area (Å²) in [5, 5.41) is 13.1. The summed E-state index contributed by atoms with van der Waals surface area (Å²) in [6.45, 7) is 2.42. The second-order valence-electron chi connectivity index (χ2n) is 3.44. The summed E-state index contributed by atoms with van der Waals surface area (Å²) in [5.74, 6) is 0.440. The van der Waals surface area contributed by atoms with Gasteiger partial charge in [0.15, 0.2) is 0 Å². The molecule has 0 aromatic carbocycles. The van der Waals surface area contributed by atoms with Crippen molar-refractivity contribution in [1.29, 1.82) is 0 Å². The average Bonchev–Trinajstić information content (AvgIpc) is 2.54. The molecule has 0 aliphatic carbocycles. The maximum Gasteiger partial charge on any atom is 0.0492 e. The number of aromatic nitrogens is 2. The molecule has 13 heavy (non-hydrogen) atoms. The highest BCUT2D eigenvalue weighted by Crippen LogP contribution is 2.11. The smallest absolute Gasteiger partial charge is 0.0492 e. The number of hydrogen-bond donors (Lipinski definition) is 1. The van der Waals surface area contributed by atoms with E-state index in [1.165, 1.54) is 5.69 Å². The van der Waals surface area contributed by atoms with Crippen LogP contribution in [0.1, 0.15) is 25.5 Å². The predicted octanol–water partition coefficient (Wildman–Crippen LogP) is 1.37. The van der Waals surface area contributed by atoms with Crippen molar-refractivity contribution in [1.82, 2.24) is 9.78 Å². The van der Waals surface area contributed by atoms with Crippen molar-refractivity contribution in [2.75, 3.05) is 6.61 Å². The van der Waals surface area contributed by atoms with Crippen molar-refractivity contribution >= 4 is 0 Å². The van der Waals surface area contributed by atoms with Crippen molar-refractivity contribution in [3.05, 3.63) is 18.0 Å². The van der Waals surface area contributed by atoms with Gasteiger partial charge in [-0.2, -0.15) is 5.10 Å². The van der Waals surface area contributed by atoms with E-state index >= 15 is 0 Å². The molecule has 0 aliphatic rings. The topological polar surface area (TPSA) is 38.1 Å². The molecule has 1 N–H and O–H groups in total. The summed E-state index contributed by atoms with van der Waals surface area (Å²) in [4.78, 5) is 0. The lowest BCUT2D eigenvalue weighted by Crippen LogP contribution is -2.07. The van der Waals surface area contributed by atoms with E-state index in [1.807, 2.05) is 24.0 Å². The maximum atomic E-state index is 9.00. The Labute approximate surface area is 79.4 Å². The van der Waals surface area contributed by atoms with Crippen LogP contribution in [0.3, 0.4) is 0 Å². The minimum atomic E-state index is 0.300.